The molecule has 0 saturated carbocycles. The Morgan fingerprint density at radius 2 is 0.875 bits per heavy atom. The molecule has 0 saturated heterocycles. The number of benzene rings is 9. The maximum Gasteiger partial charge on any atom is 0.135 e. The summed E-state index contributed by atoms with van der Waals surface area (Å²) in [6.07, 6.45) is 1.81. The molecule has 0 bridgehead atoms. The molecule has 1 heterocycles. The van der Waals surface area contributed by atoms with Crippen LogP contribution in [0.25, 0.3) is 33.2 Å². The number of fused-ring (bicyclic) bond motifs is 7. The molecule has 0 amide bonds. The second-order valence-corrected chi connectivity index (χ2v) is 23.5. The molecule has 1 atom stereocenters. The first kappa shape index (κ1) is 38.2. The van der Waals surface area contributed by atoms with E-state index in [4.69, 9.17) is 4.42 Å². The Balaban J connectivity index is 1.14. The lowest BCUT2D eigenvalue weighted by molar-refractivity contribution is 0.616. The van der Waals surface area contributed by atoms with E-state index < -0.39 is 18.9 Å². The van der Waals surface area contributed by atoms with Crippen molar-refractivity contribution in [2.45, 2.75) is 30.5 Å². The first-order valence-corrected chi connectivity index (χ1v) is 25.9. The molecule has 10 aromatic rings. The van der Waals surface area contributed by atoms with Gasteiger partial charge in [-0.1, -0.05) is 207 Å². The van der Waals surface area contributed by atoms with Crippen LogP contribution in [0.15, 0.2) is 235 Å². The van der Waals surface area contributed by atoms with Crippen molar-refractivity contribution in [3.05, 3.63) is 275 Å². The molecule has 306 valence electrons. The Morgan fingerprint density at radius 1 is 0.375 bits per heavy atom. The Hall–Kier alpha value is -7.46. The lowest BCUT2D eigenvalue weighted by Gasteiger charge is -2.36. The molecule has 2 aliphatic carbocycles. The summed E-state index contributed by atoms with van der Waals surface area (Å²) >= 11 is 0. The SMILES string of the molecule is C[Si](C)(C)c1cccc(C2(c3ccccc3)c3ccccc3-c3ccc(N(c4ccc5c(c4)-c4ccccc4C5(c4ccccc4)c4ccccc4)c4cccc5occc45)cc32)c1. The zero-order chi connectivity index (χ0) is 43.0. The van der Waals surface area contributed by atoms with E-state index in [2.05, 4.69) is 249 Å². The van der Waals surface area contributed by atoms with Crippen LogP contribution in [-0.4, -0.2) is 8.07 Å². The van der Waals surface area contributed by atoms with E-state index in [1.165, 1.54) is 71.9 Å². The minimum absolute atomic E-state index is 0.485. The first-order valence-electron chi connectivity index (χ1n) is 22.4. The van der Waals surface area contributed by atoms with Crippen molar-refractivity contribution in [3.63, 3.8) is 0 Å². The maximum absolute atomic E-state index is 6.11. The predicted octanol–water partition coefficient (Wildman–Crippen LogP) is 15.2. The van der Waals surface area contributed by atoms with Crippen LogP contribution in [0.3, 0.4) is 0 Å². The monoisotopic (exact) mass is 837 g/mol. The van der Waals surface area contributed by atoms with Gasteiger partial charge >= 0.3 is 0 Å². The smallest absolute Gasteiger partial charge is 0.135 e. The van der Waals surface area contributed by atoms with Crippen LogP contribution in [0.5, 0.6) is 0 Å². The fourth-order valence-electron chi connectivity index (χ4n) is 11.3. The largest absolute Gasteiger partial charge is 0.464 e. The van der Waals surface area contributed by atoms with E-state index in [-0.39, 0.29) is 0 Å². The van der Waals surface area contributed by atoms with Gasteiger partial charge in [0.2, 0.25) is 0 Å². The second-order valence-electron chi connectivity index (χ2n) is 18.4. The molecule has 0 fully saturated rings. The third-order valence-electron chi connectivity index (χ3n) is 14.1. The summed E-state index contributed by atoms with van der Waals surface area (Å²) in [6.45, 7) is 7.34. The third kappa shape index (κ3) is 5.50. The molecule has 2 nitrogen and oxygen atoms in total. The topological polar surface area (TPSA) is 16.4 Å². The molecule has 0 aliphatic heterocycles. The molecule has 0 spiro atoms. The van der Waals surface area contributed by atoms with Gasteiger partial charge in [0.05, 0.1) is 30.9 Å². The molecule has 0 N–H and O–H groups in total. The summed E-state index contributed by atoms with van der Waals surface area (Å²) in [6, 6.07) is 83.8. The quantitative estimate of drug-likeness (QED) is 0.142. The van der Waals surface area contributed by atoms with E-state index >= 15 is 0 Å². The van der Waals surface area contributed by atoms with Crippen LogP contribution in [-0.2, 0) is 10.8 Å². The molecule has 1 aromatic heterocycles. The maximum atomic E-state index is 6.11. The lowest BCUT2D eigenvalue weighted by Crippen LogP contribution is -2.39. The van der Waals surface area contributed by atoms with Gasteiger partial charge in [-0.2, -0.15) is 0 Å². The van der Waals surface area contributed by atoms with Gasteiger partial charge in [-0.25, -0.2) is 0 Å². The van der Waals surface area contributed by atoms with E-state index in [0.717, 1.165) is 28.0 Å². The molecule has 3 heteroatoms. The van der Waals surface area contributed by atoms with Gasteiger partial charge in [0.15, 0.2) is 0 Å². The molecule has 1 unspecified atom stereocenters. The molecule has 64 heavy (non-hydrogen) atoms. The van der Waals surface area contributed by atoms with Gasteiger partial charge < -0.3 is 9.32 Å². The molecular weight excluding hydrogens is 791 g/mol. The third-order valence-corrected chi connectivity index (χ3v) is 16.1. The standard InChI is InChI=1S/C61H47NOSi/c1-64(2,3)48-26-17-25-45(39-48)61(44-23-11-6-12-24-44)54-29-15-13-27-49(54)51-35-33-47(41-57(51)61)62(58-31-18-32-59-52(58)37-38-63-59)46-34-36-56-53(40-46)50-28-14-16-30-55(50)60(56,42-19-7-4-8-20-42)43-21-9-5-10-22-43/h4-41H,1-3H3. The van der Waals surface area contributed by atoms with Crippen molar-refractivity contribution in [2.24, 2.45) is 0 Å². The number of hydrogen-bond acceptors (Lipinski definition) is 2. The zero-order valence-electron chi connectivity index (χ0n) is 36.3. The second kappa shape index (κ2) is 14.6. The van der Waals surface area contributed by atoms with Gasteiger partial charge in [-0.15, -0.1) is 0 Å². The zero-order valence-corrected chi connectivity index (χ0v) is 37.3. The highest BCUT2D eigenvalue weighted by Gasteiger charge is 2.48. The van der Waals surface area contributed by atoms with Crippen LogP contribution >= 0.6 is 0 Å². The van der Waals surface area contributed by atoms with Crippen molar-refractivity contribution in [3.8, 4) is 22.3 Å². The number of nitrogens with zero attached hydrogens (tertiary/aromatic N) is 1. The van der Waals surface area contributed by atoms with Gasteiger partial charge in [0.1, 0.15) is 5.58 Å². The Bertz CT molecular complexity index is 3340. The van der Waals surface area contributed by atoms with Crippen molar-refractivity contribution >= 4 is 41.3 Å². The minimum atomic E-state index is -1.67. The highest BCUT2D eigenvalue weighted by atomic mass is 28.3. The fourth-order valence-corrected chi connectivity index (χ4v) is 12.5. The average molecular weight is 838 g/mol. The van der Waals surface area contributed by atoms with Crippen molar-refractivity contribution < 1.29 is 4.42 Å². The van der Waals surface area contributed by atoms with E-state index in [0.29, 0.717) is 0 Å². The summed E-state index contributed by atoms with van der Waals surface area (Å²) < 4.78 is 6.11. The molecule has 12 rings (SSSR count). The highest BCUT2D eigenvalue weighted by Crippen LogP contribution is 2.59. The average Bonchev–Trinajstić information content (AvgIpc) is 4.03. The fraction of sp³-hybridized carbons (Fsp3) is 0.0820. The first-order chi connectivity index (χ1) is 31.4. The van der Waals surface area contributed by atoms with Crippen LogP contribution in [0.2, 0.25) is 19.6 Å². The Labute approximate surface area is 376 Å². The van der Waals surface area contributed by atoms with Crippen molar-refractivity contribution in [2.75, 3.05) is 4.90 Å². The van der Waals surface area contributed by atoms with Gasteiger partial charge in [-0.05, 0) is 109 Å². The molecule has 9 aromatic carbocycles. The van der Waals surface area contributed by atoms with E-state index in [1.807, 2.05) is 6.26 Å². The van der Waals surface area contributed by atoms with Crippen molar-refractivity contribution in [1.29, 1.82) is 0 Å². The Morgan fingerprint density at radius 3 is 1.52 bits per heavy atom. The van der Waals surface area contributed by atoms with Crippen molar-refractivity contribution in [1.82, 2.24) is 0 Å². The van der Waals surface area contributed by atoms with E-state index in [9.17, 15) is 0 Å². The van der Waals surface area contributed by atoms with Crippen LogP contribution < -0.4 is 10.1 Å². The summed E-state index contributed by atoms with van der Waals surface area (Å²) in [5.74, 6) is 0. The van der Waals surface area contributed by atoms with Gasteiger partial charge in [0, 0.05) is 16.8 Å². The van der Waals surface area contributed by atoms with Gasteiger partial charge in [0.25, 0.3) is 0 Å². The Kier molecular flexibility index (Phi) is 8.69. The number of rotatable bonds is 8. The van der Waals surface area contributed by atoms with Crippen LogP contribution in [0, 0.1) is 0 Å². The molecule has 2 aliphatic rings. The number of furan rings is 1. The summed E-state index contributed by atoms with van der Waals surface area (Å²) in [7, 11) is -1.67. The molecular formula is C61H47NOSi. The summed E-state index contributed by atoms with van der Waals surface area (Å²) in [5, 5.41) is 2.52. The summed E-state index contributed by atoms with van der Waals surface area (Å²) in [5.41, 5.74) is 18.4. The van der Waals surface area contributed by atoms with Crippen LogP contribution in [0.4, 0.5) is 17.1 Å². The highest BCUT2D eigenvalue weighted by molar-refractivity contribution is 6.88. The van der Waals surface area contributed by atoms with E-state index in [1.54, 1.807) is 0 Å². The summed E-state index contributed by atoms with van der Waals surface area (Å²) in [4.78, 5) is 2.46. The number of hydrogen-bond donors (Lipinski definition) is 0. The minimum Gasteiger partial charge on any atom is -0.464 e. The predicted molar refractivity (Wildman–Crippen MR) is 268 cm³/mol. The lowest BCUT2D eigenvalue weighted by atomic mass is 9.67. The molecule has 0 radical (unpaired) electrons. The van der Waals surface area contributed by atoms with Gasteiger partial charge in [-0.3, -0.25) is 0 Å². The normalized spacial score (nSPS) is 15.6. The number of anilines is 3. The van der Waals surface area contributed by atoms with Crippen LogP contribution in [0.1, 0.15) is 44.5 Å².